The number of carbonyl (C=O) groups excluding carboxylic acids is 1. The SMILES string of the molecule is Cc1nc(-c2ccc(CC(=O)N3CCN(S(=O)(=O)c4ccc(Cl)c(Cl)c4)CC3)cc2)no1.O=S(=O)(Cl)c1ccc(Cl)c(Cl)c1. The Morgan fingerprint density at radius 2 is 1.34 bits per heavy atom. The molecule has 1 aliphatic rings. The number of rotatable bonds is 6. The minimum atomic E-state index is -3.71. The Balaban J connectivity index is 0.000000309. The molecule has 17 heteroatoms. The molecule has 0 spiro atoms. The molecule has 1 fully saturated rings. The minimum absolute atomic E-state index is 0.0558. The van der Waals surface area contributed by atoms with E-state index in [-0.39, 0.29) is 45.3 Å². The average molecular weight is 741 g/mol. The number of aromatic nitrogens is 2. The van der Waals surface area contributed by atoms with Crippen molar-refractivity contribution >= 4 is 82.1 Å². The first-order valence-corrected chi connectivity index (χ1v) is 17.9. The lowest BCUT2D eigenvalue weighted by molar-refractivity contribution is -0.131. The third kappa shape index (κ3) is 8.64. The number of sulfonamides is 1. The summed E-state index contributed by atoms with van der Waals surface area (Å²) in [6.07, 6.45) is 0.227. The van der Waals surface area contributed by atoms with Gasteiger partial charge in [0.1, 0.15) is 0 Å². The van der Waals surface area contributed by atoms with E-state index < -0.39 is 19.1 Å². The number of hydrogen-bond donors (Lipinski definition) is 0. The summed E-state index contributed by atoms with van der Waals surface area (Å²) in [4.78, 5) is 18.6. The monoisotopic (exact) mass is 738 g/mol. The van der Waals surface area contributed by atoms with Crippen molar-refractivity contribution in [2.45, 2.75) is 23.1 Å². The zero-order valence-corrected chi connectivity index (χ0v) is 28.2. The summed E-state index contributed by atoms with van der Waals surface area (Å²) in [6, 6.07) is 15.5. The van der Waals surface area contributed by atoms with Crippen LogP contribution in [0.1, 0.15) is 11.5 Å². The fourth-order valence-corrected chi connectivity index (χ4v) is 7.02. The Hall–Kier alpha value is -2.42. The molecule has 10 nitrogen and oxygen atoms in total. The number of hydrogen-bond acceptors (Lipinski definition) is 8. The van der Waals surface area contributed by atoms with Crippen molar-refractivity contribution in [3.05, 3.63) is 92.2 Å². The maximum Gasteiger partial charge on any atom is 0.261 e. The first kappa shape index (κ1) is 34.5. The van der Waals surface area contributed by atoms with Gasteiger partial charge < -0.3 is 9.42 Å². The zero-order valence-electron chi connectivity index (χ0n) is 22.8. The van der Waals surface area contributed by atoms with Crippen LogP contribution in [0.2, 0.25) is 20.1 Å². The van der Waals surface area contributed by atoms with Gasteiger partial charge in [-0.05, 0) is 42.0 Å². The van der Waals surface area contributed by atoms with Crippen molar-refractivity contribution in [3.8, 4) is 11.4 Å². The van der Waals surface area contributed by atoms with Crippen LogP contribution in [0.15, 0.2) is 75.0 Å². The van der Waals surface area contributed by atoms with Crippen molar-refractivity contribution in [2.24, 2.45) is 0 Å². The zero-order chi connectivity index (χ0) is 32.2. The van der Waals surface area contributed by atoms with E-state index in [1.165, 1.54) is 40.7 Å². The molecule has 0 atom stereocenters. The molecule has 1 aliphatic heterocycles. The molecule has 0 N–H and O–H groups in total. The first-order valence-electron chi connectivity index (χ1n) is 12.7. The fourth-order valence-electron chi connectivity index (χ4n) is 4.07. The molecular formula is C27H23Cl5N4O6S2. The minimum Gasteiger partial charge on any atom is -0.340 e. The van der Waals surface area contributed by atoms with Gasteiger partial charge in [-0.25, -0.2) is 16.8 Å². The van der Waals surface area contributed by atoms with Gasteiger partial charge in [0.2, 0.25) is 27.6 Å². The molecule has 1 aromatic heterocycles. The standard InChI is InChI=1S/C21H20Cl2N4O4S.C6H3Cl3O2S/c1-14-24-21(25-31-14)16-4-2-15(3-5-16)12-20(28)26-8-10-27(11-9-26)32(29,30)17-6-7-18(22)19(23)13-17;7-5-2-1-4(3-6(5)8)12(9,10)11/h2-7,13H,8-12H2,1H3;1-3H. The maximum absolute atomic E-state index is 12.9. The second-order valence-corrected chi connectivity index (χ2v) is 15.5. The molecule has 0 saturated carbocycles. The van der Waals surface area contributed by atoms with Crippen molar-refractivity contribution < 1.29 is 26.2 Å². The van der Waals surface area contributed by atoms with E-state index in [2.05, 4.69) is 10.1 Å². The first-order chi connectivity index (χ1) is 20.6. The quantitative estimate of drug-likeness (QED) is 0.209. The Morgan fingerprint density at radius 3 is 1.84 bits per heavy atom. The van der Waals surface area contributed by atoms with E-state index in [9.17, 15) is 21.6 Å². The van der Waals surface area contributed by atoms with Crippen LogP contribution < -0.4 is 0 Å². The van der Waals surface area contributed by atoms with Crippen LogP contribution in [0.5, 0.6) is 0 Å². The topological polar surface area (TPSA) is 131 Å². The molecule has 44 heavy (non-hydrogen) atoms. The molecule has 2 heterocycles. The number of benzene rings is 3. The highest BCUT2D eigenvalue weighted by Gasteiger charge is 2.30. The molecule has 1 saturated heterocycles. The van der Waals surface area contributed by atoms with Gasteiger partial charge in [0.25, 0.3) is 9.05 Å². The summed E-state index contributed by atoms with van der Waals surface area (Å²) < 4.78 is 53.6. The van der Waals surface area contributed by atoms with Crippen LogP contribution in [0.3, 0.4) is 0 Å². The predicted octanol–water partition coefficient (Wildman–Crippen LogP) is 6.35. The molecule has 0 radical (unpaired) electrons. The van der Waals surface area contributed by atoms with Crippen LogP contribution >= 0.6 is 57.1 Å². The molecule has 234 valence electrons. The Bertz CT molecular complexity index is 1880. The van der Waals surface area contributed by atoms with Gasteiger partial charge in [0.15, 0.2) is 0 Å². The van der Waals surface area contributed by atoms with E-state index in [4.69, 9.17) is 61.6 Å². The van der Waals surface area contributed by atoms with E-state index in [0.29, 0.717) is 34.8 Å². The number of halogens is 5. The summed E-state index contributed by atoms with van der Waals surface area (Å²) >= 11 is 23.0. The molecule has 4 aromatic rings. The van der Waals surface area contributed by atoms with E-state index in [1.807, 2.05) is 24.3 Å². The highest BCUT2D eigenvalue weighted by atomic mass is 35.7. The lowest BCUT2D eigenvalue weighted by Gasteiger charge is -2.34. The normalized spacial score (nSPS) is 14.2. The second-order valence-electron chi connectivity index (χ2n) is 9.39. The van der Waals surface area contributed by atoms with Gasteiger partial charge in [-0.1, -0.05) is 75.8 Å². The van der Waals surface area contributed by atoms with Crippen LogP contribution in [0.4, 0.5) is 0 Å². The smallest absolute Gasteiger partial charge is 0.261 e. The molecule has 5 rings (SSSR count). The largest absolute Gasteiger partial charge is 0.340 e. The highest BCUT2D eigenvalue weighted by Crippen LogP contribution is 2.28. The Kier molecular flexibility index (Phi) is 11.2. The highest BCUT2D eigenvalue weighted by molar-refractivity contribution is 8.13. The van der Waals surface area contributed by atoms with Crippen LogP contribution in [-0.4, -0.2) is 68.3 Å². The summed E-state index contributed by atoms with van der Waals surface area (Å²) in [5, 5.41) is 4.81. The van der Waals surface area contributed by atoms with Crippen molar-refractivity contribution in [1.82, 2.24) is 19.3 Å². The molecule has 3 aromatic carbocycles. The number of aryl methyl sites for hydroxylation is 1. The van der Waals surface area contributed by atoms with Gasteiger partial charge in [0, 0.05) is 49.3 Å². The van der Waals surface area contributed by atoms with E-state index in [0.717, 1.165) is 11.1 Å². The van der Waals surface area contributed by atoms with Gasteiger partial charge >= 0.3 is 0 Å². The third-order valence-corrected chi connectivity index (χ3v) is 11.1. The summed E-state index contributed by atoms with van der Waals surface area (Å²) in [5.41, 5.74) is 1.66. The van der Waals surface area contributed by atoms with Gasteiger partial charge in [-0.15, -0.1) is 0 Å². The number of carbonyl (C=O) groups is 1. The van der Waals surface area contributed by atoms with Gasteiger partial charge in [-0.2, -0.15) is 9.29 Å². The molecule has 0 aliphatic carbocycles. The van der Waals surface area contributed by atoms with Crippen molar-refractivity contribution in [2.75, 3.05) is 26.2 Å². The van der Waals surface area contributed by atoms with Crippen LogP contribution in [0.25, 0.3) is 11.4 Å². The number of amides is 1. The molecular weight excluding hydrogens is 718 g/mol. The predicted molar refractivity (Wildman–Crippen MR) is 169 cm³/mol. The molecule has 0 bridgehead atoms. The van der Waals surface area contributed by atoms with Gasteiger partial charge in [-0.3, -0.25) is 4.79 Å². The van der Waals surface area contributed by atoms with Crippen molar-refractivity contribution in [1.29, 1.82) is 0 Å². The number of piperazine rings is 1. The van der Waals surface area contributed by atoms with Crippen molar-refractivity contribution in [3.63, 3.8) is 0 Å². The molecule has 0 unspecified atom stereocenters. The maximum atomic E-state index is 12.9. The van der Waals surface area contributed by atoms with E-state index in [1.54, 1.807) is 11.8 Å². The lowest BCUT2D eigenvalue weighted by Crippen LogP contribution is -2.50. The Morgan fingerprint density at radius 1 is 0.795 bits per heavy atom. The Labute approximate surface area is 278 Å². The average Bonchev–Trinajstić information content (AvgIpc) is 3.42. The van der Waals surface area contributed by atoms with Crippen LogP contribution in [-0.2, 0) is 30.3 Å². The second kappa shape index (κ2) is 14.3. The molecule has 1 amide bonds. The number of nitrogens with zero attached hydrogens (tertiary/aromatic N) is 4. The third-order valence-electron chi connectivity index (χ3n) is 6.39. The summed E-state index contributed by atoms with van der Waals surface area (Å²) in [5.74, 6) is 0.930. The summed E-state index contributed by atoms with van der Waals surface area (Å²) in [6.45, 7) is 2.78. The fraction of sp³-hybridized carbons (Fsp3) is 0.222. The van der Waals surface area contributed by atoms with Gasteiger partial charge in [0.05, 0.1) is 36.3 Å². The summed E-state index contributed by atoms with van der Waals surface area (Å²) in [7, 11) is -2.37. The van der Waals surface area contributed by atoms with Crippen LogP contribution in [0, 0.1) is 6.92 Å². The van der Waals surface area contributed by atoms with E-state index >= 15 is 0 Å². The lowest BCUT2D eigenvalue weighted by atomic mass is 10.1.